The van der Waals surface area contributed by atoms with Gasteiger partial charge in [0.15, 0.2) is 0 Å². The first-order chi connectivity index (χ1) is 12.3. The van der Waals surface area contributed by atoms with Gasteiger partial charge in [0.05, 0.1) is 10.9 Å². The molecule has 1 saturated carbocycles. The molecule has 1 aliphatic carbocycles. The highest BCUT2D eigenvalue weighted by atomic mass is 32.1. The number of benzene rings is 1. The van der Waals surface area contributed by atoms with E-state index in [0.29, 0.717) is 16.6 Å². The summed E-state index contributed by atoms with van der Waals surface area (Å²) in [7, 11) is 0. The van der Waals surface area contributed by atoms with E-state index in [1.807, 2.05) is 18.4 Å². The number of halogens is 1. The first kappa shape index (κ1) is 17.2. The Morgan fingerprint density at radius 3 is 2.58 bits per heavy atom. The molecule has 0 radical (unpaired) electrons. The predicted molar refractivity (Wildman–Crippen MR) is 102 cm³/mol. The molecule has 26 heavy (non-hydrogen) atoms. The molecule has 5 nitrogen and oxygen atoms in total. The molecule has 0 saturated heterocycles. The lowest BCUT2D eigenvalue weighted by Gasteiger charge is -2.17. The maximum absolute atomic E-state index is 15.3. The van der Waals surface area contributed by atoms with E-state index in [-0.39, 0.29) is 23.0 Å². The van der Waals surface area contributed by atoms with Crippen LogP contribution >= 0.6 is 11.3 Å². The van der Waals surface area contributed by atoms with Gasteiger partial charge in [0.25, 0.3) is 5.56 Å². The second-order valence-corrected chi connectivity index (χ2v) is 7.99. The Kier molecular flexibility index (Phi) is 3.89. The second-order valence-electron chi connectivity index (χ2n) is 7.05. The van der Waals surface area contributed by atoms with E-state index >= 15 is 4.39 Å². The minimum Gasteiger partial charge on any atom is -0.324 e. The van der Waals surface area contributed by atoms with Gasteiger partial charge in [0.2, 0.25) is 0 Å². The van der Waals surface area contributed by atoms with Crippen LogP contribution in [-0.2, 0) is 0 Å². The van der Waals surface area contributed by atoms with Gasteiger partial charge in [0, 0.05) is 28.1 Å². The largest absolute Gasteiger partial charge is 0.329 e. The number of aryl methyl sites for hydroxylation is 2. The zero-order valence-electron chi connectivity index (χ0n) is 14.9. The molecular weight excluding hydrogens is 353 g/mol. The summed E-state index contributed by atoms with van der Waals surface area (Å²) in [5.74, 6) is -0.421. The highest BCUT2D eigenvalue weighted by molar-refractivity contribution is 7.10. The van der Waals surface area contributed by atoms with Crippen LogP contribution in [0, 0.1) is 19.7 Å². The fraction of sp³-hybridized carbons (Fsp3) is 0.368. The fourth-order valence-corrected chi connectivity index (χ4v) is 4.45. The summed E-state index contributed by atoms with van der Waals surface area (Å²) >= 11 is 1.48. The Morgan fingerprint density at radius 2 is 2.00 bits per heavy atom. The van der Waals surface area contributed by atoms with Crippen LogP contribution < -0.4 is 17.0 Å². The standard InChI is InChI=1S/C19H20FN3O2S/c1-8-15-17(23(12-4-5-12)19(25)22-18(15)24)9(2)14(16(8)20)11-6-13(10(3)21)26-7-11/h6-7,10,12H,4-5,21H2,1-3H3,(H,22,24,25). The summed E-state index contributed by atoms with van der Waals surface area (Å²) in [6.45, 7) is 5.26. The number of hydrogen-bond acceptors (Lipinski definition) is 4. The molecule has 2 aromatic heterocycles. The summed E-state index contributed by atoms with van der Waals surface area (Å²) < 4.78 is 16.9. The molecule has 4 rings (SSSR count). The van der Waals surface area contributed by atoms with Crippen LogP contribution in [0.25, 0.3) is 22.0 Å². The van der Waals surface area contributed by atoms with Crippen LogP contribution in [0.2, 0.25) is 0 Å². The number of H-pyrrole nitrogens is 1. The highest BCUT2D eigenvalue weighted by Crippen LogP contribution is 2.40. The number of nitrogens with two attached hydrogens (primary N) is 1. The number of hydrogen-bond donors (Lipinski definition) is 2. The van der Waals surface area contributed by atoms with Gasteiger partial charge in [0.1, 0.15) is 5.82 Å². The number of nitrogens with one attached hydrogen (secondary N) is 1. The quantitative estimate of drug-likeness (QED) is 0.737. The molecule has 1 unspecified atom stereocenters. The van der Waals surface area contributed by atoms with Gasteiger partial charge in [-0.25, -0.2) is 9.18 Å². The predicted octanol–water partition coefficient (Wildman–Crippen LogP) is 3.53. The lowest BCUT2D eigenvalue weighted by Crippen LogP contribution is -2.31. The van der Waals surface area contributed by atoms with Crippen LogP contribution in [0.5, 0.6) is 0 Å². The third kappa shape index (κ3) is 2.46. The van der Waals surface area contributed by atoms with E-state index in [2.05, 4.69) is 4.98 Å². The maximum atomic E-state index is 15.3. The molecule has 2 heterocycles. The van der Waals surface area contributed by atoms with Gasteiger partial charge in [-0.05, 0) is 56.2 Å². The summed E-state index contributed by atoms with van der Waals surface area (Å²) in [6.07, 6.45) is 1.78. The fourth-order valence-electron chi connectivity index (χ4n) is 3.59. The summed E-state index contributed by atoms with van der Waals surface area (Å²) in [5.41, 5.74) is 7.59. The number of aromatic amines is 1. The molecule has 0 spiro atoms. The number of fused-ring (bicyclic) bond motifs is 1. The normalized spacial score (nSPS) is 15.6. The van der Waals surface area contributed by atoms with Crippen molar-refractivity contribution in [1.29, 1.82) is 0 Å². The van der Waals surface area contributed by atoms with Gasteiger partial charge >= 0.3 is 5.69 Å². The lowest BCUT2D eigenvalue weighted by atomic mass is 9.95. The van der Waals surface area contributed by atoms with Crippen molar-refractivity contribution in [2.75, 3.05) is 0 Å². The average Bonchev–Trinajstić information content (AvgIpc) is 3.28. The Hall–Kier alpha value is -2.25. The smallest absolute Gasteiger partial charge is 0.324 e. The minimum atomic E-state index is -0.533. The SMILES string of the molecule is Cc1c(F)c(-c2csc(C(C)N)c2)c(C)c2c1c(=O)[nH]c(=O)n2C1CC1. The van der Waals surface area contributed by atoms with Crippen LogP contribution in [0.4, 0.5) is 4.39 Å². The molecule has 0 bridgehead atoms. The number of rotatable bonds is 3. The molecule has 7 heteroatoms. The van der Waals surface area contributed by atoms with Gasteiger partial charge in [-0.15, -0.1) is 11.3 Å². The molecule has 3 N–H and O–H groups in total. The van der Waals surface area contributed by atoms with Crippen molar-refractivity contribution < 1.29 is 4.39 Å². The third-order valence-corrected chi connectivity index (χ3v) is 6.20. The number of aromatic nitrogens is 2. The molecule has 0 aliphatic heterocycles. The van der Waals surface area contributed by atoms with Gasteiger partial charge in [-0.3, -0.25) is 14.3 Å². The second kappa shape index (κ2) is 5.89. The zero-order valence-corrected chi connectivity index (χ0v) is 15.7. The topological polar surface area (TPSA) is 80.9 Å². The average molecular weight is 373 g/mol. The first-order valence-corrected chi connectivity index (χ1v) is 9.50. The van der Waals surface area contributed by atoms with Crippen LogP contribution in [-0.4, -0.2) is 9.55 Å². The minimum absolute atomic E-state index is 0.0698. The van der Waals surface area contributed by atoms with Crippen molar-refractivity contribution >= 4 is 22.2 Å². The van der Waals surface area contributed by atoms with E-state index in [4.69, 9.17) is 5.73 Å². The Labute approximate surface area is 153 Å². The van der Waals surface area contributed by atoms with Gasteiger partial charge in [-0.1, -0.05) is 0 Å². The summed E-state index contributed by atoms with van der Waals surface area (Å²) in [4.78, 5) is 28.1. The monoisotopic (exact) mass is 373 g/mol. The summed E-state index contributed by atoms with van der Waals surface area (Å²) in [5, 5.41) is 2.14. The van der Waals surface area contributed by atoms with Crippen molar-refractivity contribution in [3.63, 3.8) is 0 Å². The molecule has 0 amide bonds. The molecular formula is C19H20FN3O2S. The van der Waals surface area contributed by atoms with Crippen molar-refractivity contribution in [1.82, 2.24) is 9.55 Å². The third-order valence-electron chi connectivity index (χ3n) is 5.07. The van der Waals surface area contributed by atoms with E-state index < -0.39 is 17.1 Å². The van der Waals surface area contributed by atoms with E-state index in [1.165, 1.54) is 11.3 Å². The maximum Gasteiger partial charge on any atom is 0.329 e. The molecule has 3 aromatic rings. The van der Waals surface area contributed by atoms with E-state index in [9.17, 15) is 9.59 Å². The molecule has 1 atom stereocenters. The van der Waals surface area contributed by atoms with Gasteiger partial charge in [-0.2, -0.15) is 0 Å². The van der Waals surface area contributed by atoms with Crippen molar-refractivity contribution in [3.8, 4) is 11.1 Å². The number of thiophene rings is 1. The van der Waals surface area contributed by atoms with Gasteiger partial charge < -0.3 is 5.73 Å². The first-order valence-electron chi connectivity index (χ1n) is 8.62. The molecule has 1 aliphatic rings. The lowest BCUT2D eigenvalue weighted by molar-refractivity contribution is 0.621. The Morgan fingerprint density at radius 1 is 1.31 bits per heavy atom. The Bertz CT molecular complexity index is 1150. The van der Waals surface area contributed by atoms with E-state index in [0.717, 1.165) is 23.3 Å². The number of nitrogens with zero attached hydrogens (tertiary/aromatic N) is 1. The molecule has 1 fully saturated rings. The van der Waals surface area contributed by atoms with Crippen molar-refractivity contribution in [2.45, 2.75) is 45.7 Å². The van der Waals surface area contributed by atoms with Crippen molar-refractivity contribution in [3.05, 3.63) is 54.1 Å². The molecule has 1 aromatic carbocycles. The van der Waals surface area contributed by atoms with Crippen LogP contribution in [0.3, 0.4) is 0 Å². The van der Waals surface area contributed by atoms with Crippen molar-refractivity contribution in [2.24, 2.45) is 5.73 Å². The Balaban J connectivity index is 2.14. The zero-order chi connectivity index (χ0) is 18.7. The van der Waals surface area contributed by atoms with E-state index in [1.54, 1.807) is 18.4 Å². The van der Waals surface area contributed by atoms with Crippen LogP contribution in [0.1, 0.15) is 47.9 Å². The highest BCUT2D eigenvalue weighted by Gasteiger charge is 2.30. The summed E-state index contributed by atoms with van der Waals surface area (Å²) in [6, 6.07) is 1.82. The van der Waals surface area contributed by atoms with Crippen LogP contribution in [0.15, 0.2) is 21.0 Å². The molecule has 136 valence electrons.